The summed E-state index contributed by atoms with van der Waals surface area (Å²) in [5.74, 6) is -0.545. The fourth-order valence-corrected chi connectivity index (χ4v) is 0.323. The summed E-state index contributed by atoms with van der Waals surface area (Å²) in [6.07, 6.45) is -0.199. The number of carbonyl (C=O) groups is 1. The van der Waals surface area contributed by atoms with Gasteiger partial charge in [-0.2, -0.15) is 0 Å². The number of esters is 1. The van der Waals surface area contributed by atoms with Gasteiger partial charge in [-0.3, -0.25) is 0 Å². The quantitative estimate of drug-likeness (QED) is 0.458. The number of carbonyl (C=O) groups excluding carboxylic acids is 1. The molecule has 1 unspecified atom stereocenters. The first-order chi connectivity index (χ1) is 4.18. The monoisotopic (exact) mass is 155 g/mol. The summed E-state index contributed by atoms with van der Waals surface area (Å²) in [5.41, 5.74) is 0. The second-order valence-electron chi connectivity index (χ2n) is 1.84. The van der Waals surface area contributed by atoms with Gasteiger partial charge in [0, 0.05) is 29.6 Å². The first-order valence-corrected chi connectivity index (χ1v) is 3.03. The van der Waals surface area contributed by atoms with Crippen LogP contribution in [0.4, 0.5) is 0 Å². The van der Waals surface area contributed by atoms with E-state index in [1.165, 1.54) is 6.92 Å². The minimum Gasteiger partial charge on any atom is -0.464 e. The van der Waals surface area contributed by atoms with Crippen LogP contribution in [0.2, 0.25) is 0 Å². The molecule has 0 aliphatic heterocycles. The van der Waals surface area contributed by atoms with Crippen LogP contribution in [-0.4, -0.2) is 53.3 Å². The zero-order valence-electron chi connectivity index (χ0n) is 6.76. The molecule has 0 saturated heterocycles. The van der Waals surface area contributed by atoms with Crippen LogP contribution in [0.3, 0.4) is 0 Å². The molecule has 10 heavy (non-hydrogen) atoms. The van der Waals surface area contributed by atoms with Crippen LogP contribution >= 0.6 is 0 Å². The molecule has 1 radical (unpaired) electrons. The van der Waals surface area contributed by atoms with Gasteiger partial charge in [0.05, 0.1) is 6.61 Å². The van der Waals surface area contributed by atoms with Crippen molar-refractivity contribution in [1.29, 1.82) is 0 Å². The van der Waals surface area contributed by atoms with Crippen molar-refractivity contribution in [1.82, 2.24) is 0 Å². The summed E-state index contributed by atoms with van der Waals surface area (Å²) in [4.78, 5) is 10.4. The van der Waals surface area contributed by atoms with Gasteiger partial charge in [-0.1, -0.05) is 6.92 Å². The van der Waals surface area contributed by atoms with E-state index in [2.05, 4.69) is 4.74 Å². The van der Waals surface area contributed by atoms with Gasteiger partial charge in [-0.25, -0.2) is 4.79 Å². The first kappa shape index (κ1) is 13.1. The van der Waals surface area contributed by atoms with Gasteiger partial charge in [0.25, 0.3) is 0 Å². The van der Waals surface area contributed by atoms with Crippen molar-refractivity contribution in [3.63, 3.8) is 0 Å². The van der Waals surface area contributed by atoms with Crippen LogP contribution in [0, 0.1) is 0 Å². The Kier molecular flexibility index (Phi) is 9.84. The normalized spacial score (nSPS) is 11.5. The van der Waals surface area contributed by atoms with Crippen LogP contribution < -0.4 is 0 Å². The molecular formula is C6H12NaO3. The van der Waals surface area contributed by atoms with E-state index in [1.807, 2.05) is 6.92 Å². The molecule has 0 spiro atoms. The molecule has 0 bridgehead atoms. The first-order valence-electron chi connectivity index (χ1n) is 3.03. The van der Waals surface area contributed by atoms with Crippen LogP contribution in [0.25, 0.3) is 0 Å². The Morgan fingerprint density at radius 2 is 2.20 bits per heavy atom. The SMILES string of the molecule is CCCOC(=O)C(C)O.[Na]. The van der Waals surface area contributed by atoms with E-state index in [9.17, 15) is 4.79 Å². The van der Waals surface area contributed by atoms with E-state index in [1.54, 1.807) is 0 Å². The van der Waals surface area contributed by atoms with Gasteiger partial charge in [-0.05, 0) is 13.3 Å². The summed E-state index contributed by atoms with van der Waals surface area (Å²) in [6.45, 7) is 3.68. The number of ether oxygens (including phenoxy) is 1. The Morgan fingerprint density at radius 1 is 1.70 bits per heavy atom. The third kappa shape index (κ3) is 6.55. The maximum Gasteiger partial charge on any atom is 0.334 e. The van der Waals surface area contributed by atoms with Crippen molar-refractivity contribution >= 4 is 35.5 Å². The fourth-order valence-electron chi connectivity index (χ4n) is 0.323. The van der Waals surface area contributed by atoms with Crippen molar-refractivity contribution in [2.24, 2.45) is 0 Å². The van der Waals surface area contributed by atoms with Crippen molar-refractivity contribution in [2.45, 2.75) is 26.4 Å². The number of hydrogen-bond acceptors (Lipinski definition) is 3. The van der Waals surface area contributed by atoms with E-state index < -0.39 is 12.1 Å². The summed E-state index contributed by atoms with van der Waals surface area (Å²) >= 11 is 0. The van der Waals surface area contributed by atoms with E-state index in [0.717, 1.165) is 6.42 Å². The Balaban J connectivity index is 0. The molecule has 0 aliphatic rings. The van der Waals surface area contributed by atoms with E-state index >= 15 is 0 Å². The molecule has 1 N–H and O–H groups in total. The van der Waals surface area contributed by atoms with Crippen molar-refractivity contribution in [3.05, 3.63) is 0 Å². The van der Waals surface area contributed by atoms with Crippen molar-refractivity contribution in [3.8, 4) is 0 Å². The third-order valence-electron chi connectivity index (χ3n) is 0.790. The van der Waals surface area contributed by atoms with Crippen LogP contribution in [0.15, 0.2) is 0 Å². The molecule has 0 fully saturated rings. The Morgan fingerprint density at radius 3 is 2.50 bits per heavy atom. The van der Waals surface area contributed by atoms with E-state index in [-0.39, 0.29) is 29.6 Å². The molecule has 3 nitrogen and oxygen atoms in total. The zero-order valence-corrected chi connectivity index (χ0v) is 8.76. The molecular weight excluding hydrogens is 143 g/mol. The molecule has 0 amide bonds. The summed E-state index contributed by atoms with van der Waals surface area (Å²) in [5, 5.41) is 8.57. The fraction of sp³-hybridized carbons (Fsp3) is 0.833. The zero-order chi connectivity index (χ0) is 7.28. The Labute approximate surface area is 83.0 Å². The average Bonchev–Trinajstić information content (AvgIpc) is 1.82. The maximum absolute atomic E-state index is 10.4. The predicted molar refractivity (Wildman–Crippen MR) is 38.7 cm³/mol. The van der Waals surface area contributed by atoms with Crippen LogP contribution in [0.5, 0.6) is 0 Å². The molecule has 0 heterocycles. The van der Waals surface area contributed by atoms with Crippen LogP contribution in [0.1, 0.15) is 20.3 Å². The number of hydrogen-bond donors (Lipinski definition) is 1. The van der Waals surface area contributed by atoms with Crippen molar-refractivity contribution in [2.75, 3.05) is 6.61 Å². The van der Waals surface area contributed by atoms with Crippen LogP contribution in [-0.2, 0) is 9.53 Å². The standard InChI is InChI=1S/C6H12O3.Na/c1-3-4-9-6(8)5(2)7;/h5,7H,3-4H2,1-2H3;. The topological polar surface area (TPSA) is 46.5 Å². The largest absolute Gasteiger partial charge is 0.464 e. The number of rotatable bonds is 3. The van der Waals surface area contributed by atoms with E-state index in [0.29, 0.717) is 6.61 Å². The minimum absolute atomic E-state index is 0. The molecule has 4 heteroatoms. The van der Waals surface area contributed by atoms with Crippen molar-refractivity contribution < 1.29 is 14.6 Å². The molecule has 55 valence electrons. The molecule has 0 aliphatic carbocycles. The molecule has 1 atom stereocenters. The maximum atomic E-state index is 10.4. The number of aliphatic hydroxyl groups excluding tert-OH is 1. The van der Waals surface area contributed by atoms with Gasteiger partial charge >= 0.3 is 5.97 Å². The third-order valence-corrected chi connectivity index (χ3v) is 0.790. The number of aliphatic hydroxyl groups is 1. The van der Waals surface area contributed by atoms with Gasteiger partial charge in [-0.15, -0.1) is 0 Å². The summed E-state index contributed by atoms with van der Waals surface area (Å²) in [7, 11) is 0. The van der Waals surface area contributed by atoms with E-state index in [4.69, 9.17) is 5.11 Å². The summed E-state index contributed by atoms with van der Waals surface area (Å²) in [6, 6.07) is 0. The second-order valence-corrected chi connectivity index (χ2v) is 1.84. The van der Waals surface area contributed by atoms with Gasteiger partial charge < -0.3 is 9.84 Å². The minimum atomic E-state index is -0.989. The molecule has 0 saturated carbocycles. The Hall–Kier alpha value is 0.430. The predicted octanol–water partition coefficient (Wildman–Crippen LogP) is -0.0604. The molecule has 0 aromatic heterocycles. The summed E-state index contributed by atoms with van der Waals surface area (Å²) < 4.78 is 4.56. The smallest absolute Gasteiger partial charge is 0.334 e. The molecule has 0 aromatic carbocycles. The average molecular weight is 155 g/mol. The van der Waals surface area contributed by atoms with Gasteiger partial charge in [0.1, 0.15) is 6.10 Å². The van der Waals surface area contributed by atoms with Gasteiger partial charge in [0.2, 0.25) is 0 Å². The Bertz CT molecular complexity index is 93.0. The van der Waals surface area contributed by atoms with Gasteiger partial charge in [0.15, 0.2) is 0 Å². The molecule has 0 rings (SSSR count). The molecule has 0 aromatic rings. The second kappa shape index (κ2) is 7.54.